The van der Waals surface area contributed by atoms with Gasteiger partial charge in [-0.2, -0.15) is 0 Å². The van der Waals surface area contributed by atoms with E-state index < -0.39 is 0 Å². The van der Waals surface area contributed by atoms with E-state index in [2.05, 4.69) is 31.4 Å². The van der Waals surface area contributed by atoms with Crippen molar-refractivity contribution < 1.29 is 0 Å². The third-order valence-corrected chi connectivity index (χ3v) is 3.34. The van der Waals surface area contributed by atoms with Crippen LogP contribution >= 0.6 is 23.7 Å². The molecule has 0 radical (unpaired) electrons. The second-order valence-corrected chi connectivity index (χ2v) is 5.09. The average molecular weight is 221 g/mol. The predicted molar refractivity (Wildman–Crippen MR) is 60.1 cm³/mol. The maximum absolute atomic E-state index is 5.73. The van der Waals surface area contributed by atoms with Crippen LogP contribution in [0.15, 0.2) is 11.9 Å². The van der Waals surface area contributed by atoms with Crippen molar-refractivity contribution in [3.63, 3.8) is 0 Å². The first-order valence-electron chi connectivity index (χ1n) is 4.58. The summed E-state index contributed by atoms with van der Waals surface area (Å²) in [6.45, 7) is 4.50. The summed E-state index contributed by atoms with van der Waals surface area (Å²) in [6, 6.07) is 0.556. The molecule has 0 saturated carbocycles. The molecule has 2 nitrogen and oxygen atoms in total. The van der Waals surface area contributed by atoms with E-state index in [0.29, 0.717) is 6.00 Å². The van der Waals surface area contributed by atoms with Gasteiger partial charge in [0.15, 0.2) is 0 Å². The smallest absolute Gasteiger partial charge is 0.105 e. The number of allylic oxidation sites excluding steroid dienone is 1. The van der Waals surface area contributed by atoms with Crippen LogP contribution < -0.4 is 0 Å². The summed E-state index contributed by atoms with van der Waals surface area (Å²) in [5, 5.41) is 0. The minimum Gasteiger partial charge on any atom is -0.304 e. The van der Waals surface area contributed by atoms with Crippen molar-refractivity contribution in [2.45, 2.75) is 26.7 Å². The number of hydrogen-bond donors (Lipinski definition) is 0. The molecule has 0 aliphatic carbocycles. The Morgan fingerprint density at radius 1 is 1.54 bits per heavy atom. The summed E-state index contributed by atoms with van der Waals surface area (Å²) < 4.78 is 4.22. The van der Waals surface area contributed by atoms with E-state index >= 15 is 0 Å². The molecule has 0 atom stereocenters. The summed E-state index contributed by atoms with van der Waals surface area (Å²) in [5.74, 6) is 0.768. The van der Waals surface area contributed by atoms with Gasteiger partial charge < -0.3 is 4.31 Å². The Morgan fingerprint density at radius 3 is 2.69 bits per heavy atom. The van der Waals surface area contributed by atoms with E-state index in [1.165, 1.54) is 12.1 Å². The Kier molecular flexibility index (Phi) is 4.26. The number of hydrogen-bond acceptors (Lipinski definition) is 3. The second kappa shape index (κ2) is 5.01. The van der Waals surface area contributed by atoms with Crippen LogP contribution in [0.3, 0.4) is 0 Å². The molecule has 0 saturated heterocycles. The highest BCUT2D eigenvalue weighted by Gasteiger charge is 2.17. The number of nitrogens with zero attached hydrogens (tertiary/aromatic N) is 2. The van der Waals surface area contributed by atoms with E-state index in [1.54, 1.807) is 12.1 Å². The fourth-order valence-corrected chi connectivity index (χ4v) is 2.17. The lowest BCUT2D eigenvalue weighted by Crippen LogP contribution is -2.07. The summed E-state index contributed by atoms with van der Waals surface area (Å²) in [6.07, 6.45) is 4.53. The molecule has 0 aromatic heterocycles. The molecule has 76 valence electrons. The van der Waals surface area contributed by atoms with Gasteiger partial charge in [-0.25, -0.2) is 0 Å². The molecule has 4 heteroatoms. The lowest BCUT2D eigenvalue weighted by molar-refractivity contribution is 0.544. The summed E-state index contributed by atoms with van der Waals surface area (Å²) in [5.41, 5.74) is 1.37. The Labute approximate surface area is 90.2 Å². The van der Waals surface area contributed by atoms with Crippen LogP contribution in [-0.2, 0) is 0 Å². The first-order chi connectivity index (χ1) is 6.13. The third-order valence-electron chi connectivity index (χ3n) is 2.02. The number of alkyl halides is 1. The van der Waals surface area contributed by atoms with E-state index in [0.717, 1.165) is 12.3 Å². The van der Waals surface area contributed by atoms with Crippen LogP contribution in [0.25, 0.3) is 0 Å². The van der Waals surface area contributed by atoms with Crippen LogP contribution in [0.1, 0.15) is 26.7 Å². The Hall–Kier alpha value is -0.0200. The topological polar surface area (TPSA) is 6.48 Å². The van der Waals surface area contributed by atoms with Crippen LogP contribution in [-0.4, -0.2) is 21.7 Å². The van der Waals surface area contributed by atoms with Crippen molar-refractivity contribution in [1.82, 2.24) is 8.61 Å². The Balaban J connectivity index is 2.39. The summed E-state index contributed by atoms with van der Waals surface area (Å²) >= 11 is 7.40. The predicted octanol–water partition coefficient (Wildman–Crippen LogP) is 3.27. The van der Waals surface area contributed by atoms with Gasteiger partial charge in [-0.1, -0.05) is 13.8 Å². The van der Waals surface area contributed by atoms with Crippen molar-refractivity contribution in [2.75, 3.05) is 13.1 Å². The molecule has 1 aliphatic heterocycles. The van der Waals surface area contributed by atoms with Crippen LogP contribution in [0.5, 0.6) is 0 Å². The van der Waals surface area contributed by atoms with E-state index in [1.807, 2.05) is 4.31 Å². The zero-order chi connectivity index (χ0) is 9.84. The van der Waals surface area contributed by atoms with E-state index in [4.69, 9.17) is 11.6 Å². The quantitative estimate of drug-likeness (QED) is 0.408. The fraction of sp³-hybridized carbons (Fsp3) is 0.778. The van der Waals surface area contributed by atoms with Gasteiger partial charge in [0.25, 0.3) is 0 Å². The molecule has 0 N–H and O–H groups in total. The summed E-state index contributed by atoms with van der Waals surface area (Å²) in [7, 11) is 2.09. The monoisotopic (exact) mass is 220 g/mol. The highest BCUT2D eigenvalue weighted by atomic mass is 35.5. The number of halogens is 1. The SMILES string of the molecule is CC(C)CCC1=CN(CCl)SN1C. The molecule has 13 heavy (non-hydrogen) atoms. The average Bonchev–Trinajstić information content (AvgIpc) is 2.43. The lowest BCUT2D eigenvalue weighted by Gasteiger charge is -2.15. The molecule has 0 amide bonds. The molecule has 0 aromatic carbocycles. The highest BCUT2D eigenvalue weighted by Crippen LogP contribution is 2.31. The van der Waals surface area contributed by atoms with E-state index in [9.17, 15) is 0 Å². The van der Waals surface area contributed by atoms with Crippen molar-refractivity contribution in [2.24, 2.45) is 5.92 Å². The minimum absolute atomic E-state index is 0.556. The van der Waals surface area contributed by atoms with Crippen molar-refractivity contribution >= 4 is 23.7 Å². The van der Waals surface area contributed by atoms with Gasteiger partial charge in [0.05, 0.1) is 12.1 Å². The molecule has 1 aliphatic rings. The van der Waals surface area contributed by atoms with Gasteiger partial charge >= 0.3 is 0 Å². The van der Waals surface area contributed by atoms with Crippen LogP contribution in [0.2, 0.25) is 0 Å². The first kappa shape index (κ1) is 11.1. The van der Waals surface area contributed by atoms with Gasteiger partial charge in [-0.3, -0.25) is 4.31 Å². The van der Waals surface area contributed by atoms with Gasteiger partial charge in [-0.05, 0) is 18.8 Å². The van der Waals surface area contributed by atoms with Gasteiger partial charge in [0, 0.05) is 18.9 Å². The van der Waals surface area contributed by atoms with Gasteiger partial charge in [0.1, 0.15) is 6.00 Å². The first-order valence-corrected chi connectivity index (χ1v) is 5.85. The maximum Gasteiger partial charge on any atom is 0.105 e. The fourth-order valence-electron chi connectivity index (χ4n) is 1.20. The van der Waals surface area contributed by atoms with Crippen molar-refractivity contribution in [1.29, 1.82) is 0 Å². The molecule has 0 spiro atoms. The largest absolute Gasteiger partial charge is 0.304 e. The normalized spacial score (nSPS) is 17.2. The van der Waals surface area contributed by atoms with Crippen molar-refractivity contribution in [3.8, 4) is 0 Å². The minimum atomic E-state index is 0.556. The molecule has 0 bridgehead atoms. The van der Waals surface area contributed by atoms with Gasteiger partial charge in [-0.15, -0.1) is 11.6 Å². The zero-order valence-corrected chi connectivity index (χ0v) is 10.0. The summed E-state index contributed by atoms with van der Waals surface area (Å²) in [4.78, 5) is 0. The molecule has 1 rings (SSSR count). The zero-order valence-electron chi connectivity index (χ0n) is 8.46. The molecule has 0 aromatic rings. The van der Waals surface area contributed by atoms with Crippen LogP contribution in [0, 0.1) is 5.92 Å². The van der Waals surface area contributed by atoms with Gasteiger partial charge in [0.2, 0.25) is 0 Å². The molecule has 1 heterocycles. The molecule has 0 unspecified atom stereocenters. The molecular formula is C9H17ClN2S. The lowest BCUT2D eigenvalue weighted by atomic mass is 10.1. The maximum atomic E-state index is 5.73. The Bertz CT molecular complexity index is 194. The Morgan fingerprint density at radius 2 is 2.23 bits per heavy atom. The van der Waals surface area contributed by atoms with Crippen molar-refractivity contribution in [3.05, 3.63) is 11.9 Å². The highest BCUT2D eigenvalue weighted by molar-refractivity contribution is 7.95. The second-order valence-electron chi connectivity index (χ2n) is 3.67. The molecule has 0 fully saturated rings. The third kappa shape index (κ3) is 3.31. The number of rotatable bonds is 4. The van der Waals surface area contributed by atoms with Crippen LogP contribution in [0.4, 0.5) is 0 Å². The van der Waals surface area contributed by atoms with E-state index in [-0.39, 0.29) is 0 Å². The standard InChI is InChI=1S/C9H17ClN2S/c1-8(2)4-5-9-6-12(7-10)13-11(9)3/h6,8H,4-5,7H2,1-3H3. The molecular weight excluding hydrogens is 204 g/mol.